The molecule has 242 valence electrons. The van der Waals surface area contributed by atoms with Gasteiger partial charge in [-0.25, -0.2) is 9.97 Å². The zero-order valence-electron chi connectivity index (χ0n) is 28.2. The van der Waals surface area contributed by atoms with Gasteiger partial charge in [-0.2, -0.15) is 0 Å². The summed E-state index contributed by atoms with van der Waals surface area (Å²) in [5, 5.41) is 7.63. The topological polar surface area (TPSA) is 38.7 Å². The first-order valence-electron chi connectivity index (χ1n) is 17.6. The second-order valence-electron chi connectivity index (χ2n) is 13.2. The molecule has 0 spiro atoms. The standard InChI is InChI=1S/C49H31N3/c1-3-9-33(10-4-1)41-21-17-35-20-24-44-42(22-18-36-19-23-43(41)47(35)48(36)44)38-14-8-16-40(30-38)49-51-45(34-11-5-2-6-12-34)31-46(52-49)39-15-7-13-37(29-39)32-25-27-50-28-26-32/h1-31H. The summed E-state index contributed by atoms with van der Waals surface area (Å²) in [7, 11) is 0. The van der Waals surface area contributed by atoms with Crippen LogP contribution in [0.1, 0.15) is 0 Å². The molecule has 52 heavy (non-hydrogen) atoms. The van der Waals surface area contributed by atoms with Gasteiger partial charge in [0, 0.05) is 29.1 Å². The Labute approximate surface area is 301 Å². The lowest BCUT2D eigenvalue weighted by Crippen LogP contribution is -1.96. The molecular formula is C49H31N3. The van der Waals surface area contributed by atoms with Crippen molar-refractivity contribution in [3.8, 4) is 67.3 Å². The highest BCUT2D eigenvalue weighted by atomic mass is 14.9. The molecule has 0 bridgehead atoms. The molecule has 2 aromatic heterocycles. The first-order chi connectivity index (χ1) is 25.8. The van der Waals surface area contributed by atoms with Crippen molar-refractivity contribution < 1.29 is 0 Å². The molecule has 0 saturated carbocycles. The molecule has 0 unspecified atom stereocenters. The number of nitrogens with zero attached hydrogens (tertiary/aromatic N) is 3. The summed E-state index contributed by atoms with van der Waals surface area (Å²) >= 11 is 0. The molecule has 0 aliphatic rings. The van der Waals surface area contributed by atoms with Gasteiger partial charge >= 0.3 is 0 Å². The third-order valence-corrected chi connectivity index (χ3v) is 10.1. The van der Waals surface area contributed by atoms with Gasteiger partial charge < -0.3 is 0 Å². The number of hydrogen-bond donors (Lipinski definition) is 0. The molecule has 0 amide bonds. The molecule has 10 rings (SSSR count). The Morgan fingerprint density at radius 1 is 0.308 bits per heavy atom. The largest absolute Gasteiger partial charge is 0.265 e. The summed E-state index contributed by atoms with van der Waals surface area (Å²) in [6.45, 7) is 0. The second-order valence-corrected chi connectivity index (χ2v) is 13.2. The van der Waals surface area contributed by atoms with E-state index in [-0.39, 0.29) is 0 Å². The fourth-order valence-electron chi connectivity index (χ4n) is 7.63. The van der Waals surface area contributed by atoms with E-state index in [9.17, 15) is 0 Å². The Morgan fingerprint density at radius 2 is 0.808 bits per heavy atom. The fourth-order valence-corrected chi connectivity index (χ4v) is 7.63. The molecule has 2 heterocycles. The number of pyridine rings is 1. The number of benzene rings is 8. The molecule has 3 heteroatoms. The Bertz CT molecular complexity index is 2880. The van der Waals surface area contributed by atoms with Gasteiger partial charge in [-0.1, -0.05) is 146 Å². The van der Waals surface area contributed by atoms with E-state index in [2.05, 4.69) is 163 Å². The van der Waals surface area contributed by atoms with Crippen molar-refractivity contribution in [2.24, 2.45) is 0 Å². The fraction of sp³-hybridized carbons (Fsp3) is 0. The van der Waals surface area contributed by atoms with E-state index in [1.165, 1.54) is 49.0 Å². The van der Waals surface area contributed by atoms with Crippen molar-refractivity contribution >= 4 is 32.3 Å². The molecule has 0 radical (unpaired) electrons. The summed E-state index contributed by atoms with van der Waals surface area (Å²) in [4.78, 5) is 14.6. The SMILES string of the molecule is c1ccc(-c2cc(-c3cccc(-c4ccncc4)c3)nc(-c3cccc(-c4ccc5ccc6c(-c7ccccc7)ccc7ccc4c5c76)c3)n2)cc1. The normalized spacial score (nSPS) is 11.5. The van der Waals surface area contributed by atoms with Crippen LogP contribution in [0.5, 0.6) is 0 Å². The van der Waals surface area contributed by atoms with Crippen molar-refractivity contribution in [2.45, 2.75) is 0 Å². The highest BCUT2D eigenvalue weighted by Crippen LogP contribution is 2.43. The van der Waals surface area contributed by atoms with Gasteiger partial charge in [0.1, 0.15) is 0 Å². The Morgan fingerprint density at radius 3 is 1.48 bits per heavy atom. The summed E-state index contributed by atoms with van der Waals surface area (Å²) < 4.78 is 0. The maximum absolute atomic E-state index is 5.21. The molecule has 0 atom stereocenters. The molecule has 0 fully saturated rings. The van der Waals surface area contributed by atoms with Crippen LogP contribution in [0.3, 0.4) is 0 Å². The van der Waals surface area contributed by atoms with Gasteiger partial charge in [0.15, 0.2) is 5.82 Å². The van der Waals surface area contributed by atoms with Gasteiger partial charge in [-0.15, -0.1) is 0 Å². The molecule has 0 N–H and O–H groups in total. The van der Waals surface area contributed by atoms with Crippen LogP contribution in [0.4, 0.5) is 0 Å². The molecular weight excluding hydrogens is 631 g/mol. The quantitative estimate of drug-likeness (QED) is 0.166. The molecule has 0 saturated heterocycles. The van der Waals surface area contributed by atoms with Gasteiger partial charge in [-0.3, -0.25) is 4.98 Å². The van der Waals surface area contributed by atoms with Crippen molar-refractivity contribution in [3.63, 3.8) is 0 Å². The van der Waals surface area contributed by atoms with E-state index in [1.54, 1.807) is 0 Å². The minimum atomic E-state index is 0.692. The van der Waals surface area contributed by atoms with Crippen molar-refractivity contribution in [1.29, 1.82) is 0 Å². The smallest absolute Gasteiger partial charge is 0.160 e. The van der Waals surface area contributed by atoms with E-state index >= 15 is 0 Å². The van der Waals surface area contributed by atoms with Crippen LogP contribution >= 0.6 is 0 Å². The molecule has 0 aliphatic carbocycles. The van der Waals surface area contributed by atoms with Crippen molar-refractivity contribution in [3.05, 3.63) is 188 Å². The zero-order chi connectivity index (χ0) is 34.4. The molecule has 10 aromatic rings. The average Bonchev–Trinajstić information content (AvgIpc) is 3.23. The summed E-state index contributed by atoms with van der Waals surface area (Å²) in [5.41, 5.74) is 11.9. The average molecular weight is 662 g/mol. The van der Waals surface area contributed by atoms with E-state index in [4.69, 9.17) is 9.97 Å². The third-order valence-electron chi connectivity index (χ3n) is 10.1. The lowest BCUT2D eigenvalue weighted by molar-refractivity contribution is 1.18. The first-order valence-corrected chi connectivity index (χ1v) is 17.6. The Balaban J connectivity index is 1.13. The van der Waals surface area contributed by atoms with E-state index in [0.29, 0.717) is 5.82 Å². The Kier molecular flexibility index (Phi) is 7.14. The van der Waals surface area contributed by atoms with Gasteiger partial charge in [0.2, 0.25) is 0 Å². The van der Waals surface area contributed by atoms with Gasteiger partial charge in [-0.05, 0) is 96.0 Å². The van der Waals surface area contributed by atoms with Crippen molar-refractivity contribution in [1.82, 2.24) is 15.0 Å². The van der Waals surface area contributed by atoms with Crippen LogP contribution in [0, 0.1) is 0 Å². The van der Waals surface area contributed by atoms with Crippen LogP contribution in [-0.2, 0) is 0 Å². The van der Waals surface area contributed by atoms with Gasteiger partial charge in [0.25, 0.3) is 0 Å². The van der Waals surface area contributed by atoms with Crippen LogP contribution in [0.2, 0.25) is 0 Å². The zero-order valence-corrected chi connectivity index (χ0v) is 28.2. The summed E-state index contributed by atoms with van der Waals surface area (Å²) in [6, 6.07) is 62.6. The lowest BCUT2D eigenvalue weighted by Gasteiger charge is -2.17. The summed E-state index contributed by atoms with van der Waals surface area (Å²) in [6.07, 6.45) is 3.66. The molecule has 0 aliphatic heterocycles. The minimum absolute atomic E-state index is 0.692. The monoisotopic (exact) mass is 661 g/mol. The first kappa shape index (κ1) is 29.9. The van der Waals surface area contributed by atoms with Crippen LogP contribution < -0.4 is 0 Å². The van der Waals surface area contributed by atoms with Crippen LogP contribution in [0.15, 0.2) is 188 Å². The number of hydrogen-bond acceptors (Lipinski definition) is 3. The predicted octanol–water partition coefficient (Wildman–Crippen LogP) is 12.8. The lowest BCUT2D eigenvalue weighted by atomic mass is 9.87. The van der Waals surface area contributed by atoms with E-state index in [1.807, 2.05) is 30.6 Å². The maximum Gasteiger partial charge on any atom is 0.160 e. The van der Waals surface area contributed by atoms with Gasteiger partial charge in [0.05, 0.1) is 11.4 Å². The van der Waals surface area contributed by atoms with E-state index < -0.39 is 0 Å². The maximum atomic E-state index is 5.21. The summed E-state index contributed by atoms with van der Waals surface area (Å²) in [5.74, 6) is 0.692. The predicted molar refractivity (Wildman–Crippen MR) is 216 cm³/mol. The van der Waals surface area contributed by atoms with Crippen LogP contribution in [0.25, 0.3) is 99.6 Å². The van der Waals surface area contributed by atoms with Crippen LogP contribution in [-0.4, -0.2) is 15.0 Å². The van der Waals surface area contributed by atoms with Crippen molar-refractivity contribution in [2.75, 3.05) is 0 Å². The third kappa shape index (κ3) is 5.19. The molecule has 3 nitrogen and oxygen atoms in total. The highest BCUT2D eigenvalue weighted by Gasteiger charge is 2.16. The Hall–Kier alpha value is -6.97. The minimum Gasteiger partial charge on any atom is -0.265 e. The number of rotatable bonds is 6. The van der Waals surface area contributed by atoms with E-state index in [0.717, 1.165) is 44.8 Å². The highest BCUT2D eigenvalue weighted by molar-refractivity contribution is 6.27. The second kappa shape index (κ2) is 12.4. The molecule has 8 aromatic carbocycles. The number of aromatic nitrogens is 3.